The molecular formula is C15H18N2O2. The van der Waals surface area contributed by atoms with Gasteiger partial charge in [0.2, 0.25) is 0 Å². The summed E-state index contributed by atoms with van der Waals surface area (Å²) in [5, 5.41) is 8.74. The normalized spacial score (nSPS) is 17.6. The van der Waals surface area contributed by atoms with Crippen molar-refractivity contribution in [3.05, 3.63) is 23.8 Å². The number of amides is 1. The van der Waals surface area contributed by atoms with Crippen molar-refractivity contribution in [2.45, 2.75) is 39.2 Å². The molecule has 1 amide bonds. The zero-order chi connectivity index (χ0) is 13.8. The summed E-state index contributed by atoms with van der Waals surface area (Å²) in [7, 11) is 0. The maximum absolute atomic E-state index is 12.3. The first-order chi connectivity index (χ1) is 9.21. The summed E-state index contributed by atoms with van der Waals surface area (Å²) in [5.74, 6) is 0.695. The van der Waals surface area contributed by atoms with E-state index in [0.717, 1.165) is 23.4 Å². The Balaban J connectivity index is 2.40. The maximum Gasteiger partial charge on any atom is 0.268 e. The van der Waals surface area contributed by atoms with Crippen LogP contribution in [0.3, 0.4) is 0 Å². The van der Waals surface area contributed by atoms with Gasteiger partial charge in [-0.05, 0) is 30.5 Å². The first-order valence-corrected chi connectivity index (χ1v) is 6.69. The van der Waals surface area contributed by atoms with Crippen LogP contribution in [0.4, 0.5) is 5.69 Å². The van der Waals surface area contributed by atoms with E-state index in [1.807, 2.05) is 25.1 Å². The van der Waals surface area contributed by atoms with Crippen molar-refractivity contribution in [2.75, 3.05) is 11.4 Å². The molecule has 1 aromatic rings. The molecule has 1 heterocycles. The minimum Gasteiger partial charge on any atom is -0.478 e. The number of anilines is 1. The minimum absolute atomic E-state index is 0.0431. The Kier molecular flexibility index (Phi) is 4.06. The highest BCUT2D eigenvalue weighted by atomic mass is 16.5. The van der Waals surface area contributed by atoms with Crippen molar-refractivity contribution < 1.29 is 9.53 Å². The number of hydrogen-bond donors (Lipinski definition) is 0. The van der Waals surface area contributed by atoms with Gasteiger partial charge in [0.15, 0.2) is 6.10 Å². The third kappa shape index (κ3) is 2.55. The van der Waals surface area contributed by atoms with Gasteiger partial charge in [-0.2, -0.15) is 5.26 Å². The molecule has 1 atom stereocenters. The number of aryl methyl sites for hydroxylation is 1. The Morgan fingerprint density at radius 3 is 2.84 bits per heavy atom. The average Bonchev–Trinajstić information content (AvgIpc) is 2.45. The van der Waals surface area contributed by atoms with Gasteiger partial charge in [-0.15, -0.1) is 0 Å². The predicted molar refractivity (Wildman–Crippen MR) is 73.1 cm³/mol. The van der Waals surface area contributed by atoms with Crippen LogP contribution >= 0.6 is 0 Å². The van der Waals surface area contributed by atoms with Crippen molar-refractivity contribution >= 4 is 11.6 Å². The highest BCUT2D eigenvalue weighted by molar-refractivity contribution is 6.00. The lowest BCUT2D eigenvalue weighted by molar-refractivity contribution is -0.126. The van der Waals surface area contributed by atoms with E-state index in [1.54, 1.807) is 4.90 Å². The number of rotatable bonds is 4. The lowest BCUT2D eigenvalue weighted by Crippen LogP contribution is -2.46. The van der Waals surface area contributed by atoms with E-state index in [1.165, 1.54) is 0 Å². The van der Waals surface area contributed by atoms with E-state index >= 15 is 0 Å². The molecule has 19 heavy (non-hydrogen) atoms. The molecule has 1 aromatic carbocycles. The molecule has 1 aliphatic rings. The van der Waals surface area contributed by atoms with E-state index in [0.29, 0.717) is 19.4 Å². The molecule has 4 nitrogen and oxygen atoms in total. The summed E-state index contributed by atoms with van der Waals surface area (Å²) in [6, 6.07) is 8.01. The van der Waals surface area contributed by atoms with Crippen molar-refractivity contribution in [3.63, 3.8) is 0 Å². The summed E-state index contributed by atoms with van der Waals surface area (Å²) in [6.07, 6.45) is 1.44. The van der Waals surface area contributed by atoms with Crippen LogP contribution in [-0.4, -0.2) is 18.6 Å². The topological polar surface area (TPSA) is 53.3 Å². The maximum atomic E-state index is 12.3. The second-order valence-electron chi connectivity index (χ2n) is 4.57. The Morgan fingerprint density at radius 2 is 2.21 bits per heavy atom. The van der Waals surface area contributed by atoms with Crippen LogP contribution in [0.5, 0.6) is 5.75 Å². The minimum atomic E-state index is -0.432. The Bertz CT molecular complexity index is 519. The first-order valence-electron chi connectivity index (χ1n) is 6.69. The third-order valence-corrected chi connectivity index (χ3v) is 3.35. The van der Waals surface area contributed by atoms with Gasteiger partial charge in [0.05, 0.1) is 18.2 Å². The van der Waals surface area contributed by atoms with E-state index in [2.05, 4.69) is 13.0 Å². The highest BCUT2D eigenvalue weighted by Gasteiger charge is 2.32. The van der Waals surface area contributed by atoms with Crippen LogP contribution in [-0.2, 0) is 11.2 Å². The van der Waals surface area contributed by atoms with Crippen LogP contribution in [0.15, 0.2) is 18.2 Å². The largest absolute Gasteiger partial charge is 0.478 e. The Hall–Kier alpha value is -2.02. The molecule has 0 N–H and O–H groups in total. The van der Waals surface area contributed by atoms with Gasteiger partial charge in [0.25, 0.3) is 5.91 Å². The SMILES string of the molecule is CCc1ccc2c(c1)N(CCC#N)C(=O)C(CC)O2. The molecule has 1 aliphatic heterocycles. The standard InChI is InChI=1S/C15H18N2O2/c1-3-11-6-7-14-12(10-11)17(9-5-8-16)15(18)13(4-2)19-14/h6-7,10,13H,3-5,9H2,1-2H3. The molecule has 0 bridgehead atoms. The fraction of sp³-hybridized carbons (Fsp3) is 0.467. The third-order valence-electron chi connectivity index (χ3n) is 3.35. The summed E-state index contributed by atoms with van der Waals surface area (Å²) in [6.45, 7) is 4.42. The Morgan fingerprint density at radius 1 is 1.42 bits per heavy atom. The van der Waals surface area contributed by atoms with E-state index < -0.39 is 6.10 Å². The van der Waals surface area contributed by atoms with Gasteiger partial charge < -0.3 is 9.64 Å². The number of ether oxygens (including phenoxy) is 1. The molecule has 0 fully saturated rings. The number of nitriles is 1. The second kappa shape index (κ2) is 5.75. The van der Waals surface area contributed by atoms with E-state index in [4.69, 9.17) is 10.00 Å². The van der Waals surface area contributed by atoms with Crippen LogP contribution in [0, 0.1) is 11.3 Å². The smallest absolute Gasteiger partial charge is 0.268 e. The van der Waals surface area contributed by atoms with Crippen molar-refractivity contribution in [1.82, 2.24) is 0 Å². The number of carbonyl (C=O) groups is 1. The van der Waals surface area contributed by atoms with Gasteiger partial charge in [0.1, 0.15) is 5.75 Å². The van der Waals surface area contributed by atoms with Gasteiger partial charge in [-0.3, -0.25) is 4.79 Å². The van der Waals surface area contributed by atoms with Crippen LogP contribution < -0.4 is 9.64 Å². The summed E-state index contributed by atoms with van der Waals surface area (Å²) in [4.78, 5) is 14.0. The van der Waals surface area contributed by atoms with Gasteiger partial charge in [0, 0.05) is 6.54 Å². The molecule has 0 aliphatic carbocycles. The van der Waals surface area contributed by atoms with Crippen molar-refractivity contribution in [2.24, 2.45) is 0 Å². The summed E-state index contributed by atoms with van der Waals surface area (Å²) >= 11 is 0. The highest BCUT2D eigenvalue weighted by Crippen LogP contribution is 2.35. The number of nitrogens with zero attached hydrogens (tertiary/aromatic N) is 2. The molecule has 4 heteroatoms. The number of hydrogen-bond acceptors (Lipinski definition) is 3. The fourth-order valence-corrected chi connectivity index (χ4v) is 2.24. The molecule has 0 spiro atoms. The zero-order valence-corrected chi connectivity index (χ0v) is 11.3. The molecular weight excluding hydrogens is 240 g/mol. The summed E-state index contributed by atoms with van der Waals surface area (Å²) < 4.78 is 5.73. The number of fused-ring (bicyclic) bond motifs is 1. The molecule has 0 saturated carbocycles. The zero-order valence-electron chi connectivity index (χ0n) is 11.3. The monoisotopic (exact) mass is 258 g/mol. The van der Waals surface area contributed by atoms with Crippen LogP contribution in [0.2, 0.25) is 0 Å². The predicted octanol–water partition coefficient (Wildman–Crippen LogP) is 2.67. The summed E-state index contributed by atoms with van der Waals surface area (Å²) in [5.41, 5.74) is 1.95. The van der Waals surface area contributed by atoms with Crippen molar-refractivity contribution in [1.29, 1.82) is 5.26 Å². The van der Waals surface area contributed by atoms with E-state index in [-0.39, 0.29) is 5.91 Å². The van der Waals surface area contributed by atoms with Gasteiger partial charge in [-0.25, -0.2) is 0 Å². The lowest BCUT2D eigenvalue weighted by Gasteiger charge is -2.34. The molecule has 2 rings (SSSR count). The fourth-order valence-electron chi connectivity index (χ4n) is 2.24. The Labute approximate surface area is 113 Å². The number of benzene rings is 1. The molecule has 0 saturated heterocycles. The molecule has 1 unspecified atom stereocenters. The van der Waals surface area contributed by atoms with Crippen molar-refractivity contribution in [3.8, 4) is 11.8 Å². The quantitative estimate of drug-likeness (QED) is 0.834. The van der Waals surface area contributed by atoms with E-state index in [9.17, 15) is 4.79 Å². The van der Waals surface area contributed by atoms with Crippen LogP contribution in [0.1, 0.15) is 32.3 Å². The second-order valence-corrected chi connectivity index (χ2v) is 4.57. The van der Waals surface area contributed by atoms with Gasteiger partial charge >= 0.3 is 0 Å². The molecule has 0 radical (unpaired) electrons. The lowest BCUT2D eigenvalue weighted by atomic mass is 10.1. The molecule has 100 valence electrons. The van der Waals surface area contributed by atoms with Crippen LogP contribution in [0.25, 0.3) is 0 Å². The first kappa shape index (κ1) is 13.4. The van der Waals surface area contributed by atoms with Gasteiger partial charge in [-0.1, -0.05) is 19.9 Å². The average molecular weight is 258 g/mol. The molecule has 0 aromatic heterocycles. The number of carbonyl (C=O) groups excluding carboxylic acids is 1.